The molecule has 86 valence electrons. The van der Waals surface area contributed by atoms with Gasteiger partial charge in [-0.1, -0.05) is 0 Å². The van der Waals surface area contributed by atoms with Crippen LogP contribution in [0.5, 0.6) is 5.75 Å². The quantitative estimate of drug-likeness (QED) is 0.792. The highest BCUT2D eigenvalue weighted by atomic mass is 19.2. The molecule has 0 aliphatic carbocycles. The number of nitrogens with one attached hydrogen (secondary N) is 1. The number of fused-ring (bicyclic) bond motifs is 1. The van der Waals surface area contributed by atoms with Gasteiger partial charge in [0.1, 0.15) is 0 Å². The fraction of sp³-hybridized carbons (Fsp3) is 0.500. The molecule has 2 aliphatic rings. The van der Waals surface area contributed by atoms with Crippen molar-refractivity contribution in [2.75, 3.05) is 13.2 Å². The van der Waals surface area contributed by atoms with Gasteiger partial charge in [0, 0.05) is 18.0 Å². The zero-order chi connectivity index (χ0) is 11.1. The number of benzene rings is 1. The van der Waals surface area contributed by atoms with Gasteiger partial charge in [-0.05, 0) is 31.0 Å². The number of ether oxygens (including phenoxy) is 1. The topological polar surface area (TPSA) is 21.3 Å². The third-order valence-electron chi connectivity index (χ3n) is 3.35. The van der Waals surface area contributed by atoms with Gasteiger partial charge >= 0.3 is 0 Å². The maximum Gasteiger partial charge on any atom is 0.200 e. The Morgan fingerprint density at radius 2 is 2.25 bits per heavy atom. The van der Waals surface area contributed by atoms with Gasteiger partial charge in [0.25, 0.3) is 0 Å². The van der Waals surface area contributed by atoms with Crippen molar-refractivity contribution in [3.8, 4) is 5.75 Å². The highest BCUT2D eigenvalue weighted by Gasteiger charge is 2.28. The summed E-state index contributed by atoms with van der Waals surface area (Å²) in [7, 11) is 0. The molecule has 1 aromatic rings. The van der Waals surface area contributed by atoms with Crippen LogP contribution in [0.2, 0.25) is 0 Å². The van der Waals surface area contributed by atoms with E-state index in [9.17, 15) is 8.78 Å². The minimum absolute atomic E-state index is 0.128. The van der Waals surface area contributed by atoms with E-state index >= 15 is 0 Å². The maximum atomic E-state index is 13.4. The van der Waals surface area contributed by atoms with Gasteiger partial charge in [-0.2, -0.15) is 4.39 Å². The van der Waals surface area contributed by atoms with Crippen molar-refractivity contribution >= 4 is 0 Å². The molecule has 1 N–H and O–H groups in total. The molecule has 1 aromatic carbocycles. The van der Waals surface area contributed by atoms with Crippen LogP contribution in [0.25, 0.3) is 0 Å². The second-order valence-electron chi connectivity index (χ2n) is 4.32. The van der Waals surface area contributed by atoms with Gasteiger partial charge < -0.3 is 10.1 Å². The standard InChI is InChI=1S/C12H13F2NO/c13-9-6-8(10-2-1-4-15-10)7-3-5-16-12(7)11(9)14/h6,10,15H,1-5H2/t10-/m1/s1. The highest BCUT2D eigenvalue weighted by Crippen LogP contribution is 2.38. The van der Waals surface area contributed by atoms with Crippen LogP contribution in [0, 0.1) is 11.6 Å². The molecule has 1 saturated heterocycles. The van der Waals surface area contributed by atoms with Gasteiger partial charge in [0.2, 0.25) is 5.82 Å². The summed E-state index contributed by atoms with van der Waals surface area (Å²) in [6.45, 7) is 1.40. The number of hydrogen-bond acceptors (Lipinski definition) is 2. The van der Waals surface area contributed by atoms with Gasteiger partial charge in [0.05, 0.1) is 6.61 Å². The Bertz CT molecular complexity index is 428. The second kappa shape index (κ2) is 3.70. The highest BCUT2D eigenvalue weighted by molar-refractivity contribution is 5.46. The van der Waals surface area contributed by atoms with Gasteiger partial charge in [-0.3, -0.25) is 0 Å². The van der Waals surface area contributed by atoms with E-state index in [0.717, 1.165) is 30.5 Å². The second-order valence-corrected chi connectivity index (χ2v) is 4.32. The lowest BCUT2D eigenvalue weighted by atomic mass is 9.97. The van der Waals surface area contributed by atoms with Crippen molar-refractivity contribution in [1.82, 2.24) is 5.32 Å². The minimum atomic E-state index is -0.839. The molecule has 3 rings (SSSR count). The van der Waals surface area contributed by atoms with Gasteiger partial charge in [0.15, 0.2) is 11.6 Å². The normalized spacial score (nSPS) is 23.2. The summed E-state index contributed by atoms with van der Waals surface area (Å²) in [5.74, 6) is -1.51. The molecule has 1 atom stereocenters. The van der Waals surface area contributed by atoms with Crippen LogP contribution in [0.15, 0.2) is 6.07 Å². The van der Waals surface area contributed by atoms with Crippen LogP contribution in [-0.2, 0) is 6.42 Å². The van der Waals surface area contributed by atoms with Crippen molar-refractivity contribution in [1.29, 1.82) is 0 Å². The third kappa shape index (κ3) is 1.40. The van der Waals surface area contributed by atoms with E-state index in [-0.39, 0.29) is 11.8 Å². The van der Waals surface area contributed by atoms with E-state index in [1.165, 1.54) is 6.07 Å². The Hall–Kier alpha value is -1.16. The van der Waals surface area contributed by atoms with Crippen LogP contribution in [-0.4, -0.2) is 13.2 Å². The molecule has 0 spiro atoms. The smallest absolute Gasteiger partial charge is 0.200 e. The van der Waals surface area contributed by atoms with E-state index in [4.69, 9.17) is 4.74 Å². The molecular formula is C12H13F2NO. The Morgan fingerprint density at radius 3 is 3.00 bits per heavy atom. The molecular weight excluding hydrogens is 212 g/mol. The lowest BCUT2D eigenvalue weighted by molar-refractivity contribution is 0.331. The summed E-state index contributed by atoms with van der Waals surface area (Å²) in [6.07, 6.45) is 2.75. The monoisotopic (exact) mass is 225 g/mol. The first kappa shape index (κ1) is 10.0. The van der Waals surface area contributed by atoms with E-state index in [1.807, 2.05) is 0 Å². The van der Waals surface area contributed by atoms with Crippen LogP contribution >= 0.6 is 0 Å². The zero-order valence-electron chi connectivity index (χ0n) is 8.85. The van der Waals surface area contributed by atoms with E-state index in [2.05, 4.69) is 5.32 Å². The fourth-order valence-corrected chi connectivity index (χ4v) is 2.58. The summed E-state index contributed by atoms with van der Waals surface area (Å²) in [5, 5.41) is 3.30. The summed E-state index contributed by atoms with van der Waals surface area (Å²) in [5.41, 5.74) is 1.72. The largest absolute Gasteiger partial charge is 0.490 e. The lowest BCUT2D eigenvalue weighted by Crippen LogP contribution is -2.15. The predicted octanol–water partition coefficient (Wildman–Crippen LogP) is 2.32. The van der Waals surface area contributed by atoms with Crippen molar-refractivity contribution < 1.29 is 13.5 Å². The summed E-state index contributed by atoms with van der Waals surface area (Å²) < 4.78 is 32.0. The van der Waals surface area contributed by atoms with Crippen molar-refractivity contribution in [2.45, 2.75) is 25.3 Å². The molecule has 0 saturated carbocycles. The minimum Gasteiger partial charge on any atom is -0.490 e. The molecule has 2 aliphatic heterocycles. The average Bonchev–Trinajstić information content (AvgIpc) is 2.93. The molecule has 0 amide bonds. The number of hydrogen-bond donors (Lipinski definition) is 1. The molecule has 0 aromatic heterocycles. The molecule has 1 fully saturated rings. The van der Waals surface area contributed by atoms with E-state index in [1.54, 1.807) is 0 Å². The third-order valence-corrected chi connectivity index (χ3v) is 3.35. The van der Waals surface area contributed by atoms with Crippen molar-refractivity contribution in [3.63, 3.8) is 0 Å². The van der Waals surface area contributed by atoms with Crippen molar-refractivity contribution in [3.05, 3.63) is 28.8 Å². The van der Waals surface area contributed by atoms with Crippen LogP contribution in [0.1, 0.15) is 30.0 Å². The average molecular weight is 225 g/mol. The first-order chi connectivity index (χ1) is 7.77. The Morgan fingerprint density at radius 1 is 1.38 bits per heavy atom. The lowest BCUT2D eigenvalue weighted by Gasteiger charge is -2.15. The molecule has 2 heterocycles. The molecule has 0 unspecified atom stereocenters. The molecule has 2 nitrogen and oxygen atoms in total. The van der Waals surface area contributed by atoms with E-state index < -0.39 is 11.6 Å². The van der Waals surface area contributed by atoms with Crippen molar-refractivity contribution in [2.24, 2.45) is 0 Å². The summed E-state index contributed by atoms with van der Waals surface area (Å²) in [6, 6.07) is 1.48. The SMILES string of the molecule is Fc1cc([C@H]2CCCN2)c2c(c1F)OCC2. The molecule has 0 radical (unpaired) electrons. The molecule has 4 heteroatoms. The fourth-order valence-electron chi connectivity index (χ4n) is 2.58. The summed E-state index contributed by atoms with van der Waals surface area (Å²) >= 11 is 0. The first-order valence-corrected chi connectivity index (χ1v) is 5.64. The molecule has 0 bridgehead atoms. The van der Waals surface area contributed by atoms with Crippen LogP contribution in [0.3, 0.4) is 0 Å². The zero-order valence-corrected chi connectivity index (χ0v) is 8.85. The summed E-state index contributed by atoms with van der Waals surface area (Å²) in [4.78, 5) is 0. The number of halogens is 2. The maximum absolute atomic E-state index is 13.4. The van der Waals surface area contributed by atoms with Crippen LogP contribution < -0.4 is 10.1 Å². The Kier molecular flexibility index (Phi) is 2.32. The molecule has 16 heavy (non-hydrogen) atoms. The van der Waals surface area contributed by atoms with E-state index in [0.29, 0.717) is 13.0 Å². The number of rotatable bonds is 1. The predicted molar refractivity (Wildman–Crippen MR) is 55.5 cm³/mol. The van der Waals surface area contributed by atoms with Crippen LogP contribution in [0.4, 0.5) is 8.78 Å². The van der Waals surface area contributed by atoms with Gasteiger partial charge in [-0.15, -0.1) is 0 Å². The Labute approximate surface area is 92.6 Å². The van der Waals surface area contributed by atoms with Gasteiger partial charge in [-0.25, -0.2) is 4.39 Å². The first-order valence-electron chi connectivity index (χ1n) is 5.64. The Balaban J connectivity index is 2.11.